The van der Waals surface area contributed by atoms with E-state index >= 15 is 0 Å². The Kier molecular flexibility index (Phi) is 7.76. The lowest BCUT2D eigenvalue weighted by molar-refractivity contribution is -0.151. The van der Waals surface area contributed by atoms with Crippen molar-refractivity contribution in [2.45, 2.75) is 44.0 Å². The molecule has 47 heavy (non-hydrogen) atoms. The maximum absolute atomic E-state index is 14.2. The number of rotatable bonds is 8. The highest BCUT2D eigenvalue weighted by molar-refractivity contribution is 7.89. The van der Waals surface area contributed by atoms with E-state index in [0.717, 1.165) is 11.1 Å². The molecule has 248 valence electrons. The Morgan fingerprint density at radius 2 is 1.68 bits per heavy atom. The lowest BCUT2D eigenvalue weighted by Crippen LogP contribution is -2.65. The van der Waals surface area contributed by atoms with Crippen molar-refractivity contribution < 1.29 is 27.5 Å². The summed E-state index contributed by atoms with van der Waals surface area (Å²) in [4.78, 5) is 43.4. The number of ether oxygens (including phenoxy) is 1. The van der Waals surface area contributed by atoms with Crippen LogP contribution in [0.5, 0.6) is 0 Å². The molecule has 2 bridgehead atoms. The van der Waals surface area contributed by atoms with Crippen LogP contribution in [0.4, 0.5) is 0 Å². The van der Waals surface area contributed by atoms with Gasteiger partial charge in [-0.15, -0.1) is 0 Å². The molecule has 1 aliphatic carbocycles. The Balaban J connectivity index is 1.17. The van der Waals surface area contributed by atoms with Crippen molar-refractivity contribution in [3.05, 3.63) is 84.2 Å². The van der Waals surface area contributed by atoms with E-state index in [1.807, 2.05) is 74.5 Å². The maximum Gasteiger partial charge on any atom is 0.246 e. The van der Waals surface area contributed by atoms with Gasteiger partial charge in [-0.25, -0.2) is 8.42 Å². The largest absolute Gasteiger partial charge is 0.371 e. The number of carbonyl (C=O) groups excluding carboxylic acids is 3. The Morgan fingerprint density at radius 1 is 1.02 bits per heavy atom. The summed E-state index contributed by atoms with van der Waals surface area (Å²) < 4.78 is 37.2. The van der Waals surface area contributed by atoms with Gasteiger partial charge in [-0.05, 0) is 16.5 Å². The van der Waals surface area contributed by atoms with Gasteiger partial charge in [0.15, 0.2) is 0 Å². The predicted molar refractivity (Wildman–Crippen MR) is 171 cm³/mol. The molecule has 13 heteroatoms. The first-order valence-electron chi connectivity index (χ1n) is 16.0. The van der Waals surface area contributed by atoms with Crippen molar-refractivity contribution in [2.75, 3.05) is 33.2 Å². The Hall–Kier alpha value is -4.07. The number of aromatic nitrogens is 2. The van der Waals surface area contributed by atoms with E-state index in [0.29, 0.717) is 6.54 Å². The minimum atomic E-state index is -4.01. The van der Waals surface area contributed by atoms with E-state index in [-0.39, 0.29) is 49.5 Å². The molecule has 5 heterocycles. The molecule has 4 aliphatic heterocycles. The van der Waals surface area contributed by atoms with Crippen LogP contribution in [0.3, 0.4) is 0 Å². The maximum atomic E-state index is 14.2. The van der Waals surface area contributed by atoms with E-state index < -0.39 is 56.6 Å². The lowest BCUT2D eigenvalue weighted by Gasteiger charge is -2.50. The molecule has 1 saturated carbocycles. The van der Waals surface area contributed by atoms with Gasteiger partial charge < -0.3 is 20.3 Å². The summed E-state index contributed by atoms with van der Waals surface area (Å²) in [5.41, 5.74) is 0.634. The van der Waals surface area contributed by atoms with E-state index in [2.05, 4.69) is 15.7 Å². The SMILES string of the molecule is CNC(=O)[C@H]1NC(=O)[C@H]2CN(S(=O)(=O)c3cnn(Cc4ccccc4)c3)CC23CN(C3)C(=O)[C@H]2C([C@H]1OCc1ccccc1)C2(C)C. The zero-order valence-electron chi connectivity index (χ0n) is 26.7. The lowest BCUT2D eigenvalue weighted by atomic mass is 9.71. The first-order chi connectivity index (χ1) is 22.4. The summed E-state index contributed by atoms with van der Waals surface area (Å²) in [5, 5.41) is 9.94. The van der Waals surface area contributed by atoms with Gasteiger partial charge >= 0.3 is 0 Å². The number of sulfonamides is 1. The monoisotopic (exact) mass is 660 g/mol. The predicted octanol–water partition coefficient (Wildman–Crippen LogP) is 1.48. The molecule has 2 N–H and O–H groups in total. The molecule has 8 rings (SSSR count). The second-order valence-corrected chi connectivity index (χ2v) is 15.9. The molecular formula is C34H40N6O6S. The molecule has 3 aromatic rings. The second kappa shape index (κ2) is 11.6. The average Bonchev–Trinajstić information content (AvgIpc) is 3.39. The molecule has 4 saturated heterocycles. The van der Waals surface area contributed by atoms with Crippen molar-refractivity contribution >= 4 is 27.7 Å². The fourth-order valence-corrected chi connectivity index (χ4v) is 9.49. The Morgan fingerprint density at radius 3 is 2.34 bits per heavy atom. The van der Waals surface area contributed by atoms with Crippen molar-refractivity contribution in [2.24, 2.45) is 28.6 Å². The van der Waals surface area contributed by atoms with Gasteiger partial charge in [-0.1, -0.05) is 74.5 Å². The van der Waals surface area contributed by atoms with Gasteiger partial charge in [0.1, 0.15) is 10.9 Å². The van der Waals surface area contributed by atoms with Crippen LogP contribution in [0.2, 0.25) is 0 Å². The molecule has 1 aromatic heterocycles. The normalized spacial score (nSPS) is 27.9. The summed E-state index contributed by atoms with van der Waals surface area (Å²) in [6.45, 7) is 5.14. The van der Waals surface area contributed by atoms with E-state index in [1.54, 1.807) is 9.58 Å². The molecule has 0 radical (unpaired) electrons. The van der Waals surface area contributed by atoms with E-state index in [1.165, 1.54) is 23.7 Å². The van der Waals surface area contributed by atoms with Crippen LogP contribution in [-0.2, 0) is 42.3 Å². The highest BCUT2D eigenvalue weighted by Crippen LogP contribution is 2.63. The fourth-order valence-electron chi connectivity index (χ4n) is 7.98. The molecule has 1 unspecified atom stereocenters. The zero-order chi connectivity index (χ0) is 33.1. The number of hydrogen-bond donors (Lipinski definition) is 2. The topological polar surface area (TPSA) is 143 Å². The number of likely N-dealkylation sites (N-methyl/N-ethyl adjacent to an activating group) is 1. The summed E-state index contributed by atoms with van der Waals surface area (Å²) in [6, 6.07) is 18.1. The van der Waals surface area contributed by atoms with Crippen molar-refractivity contribution in [1.82, 2.24) is 29.6 Å². The summed E-state index contributed by atoms with van der Waals surface area (Å²) in [7, 11) is -2.51. The van der Waals surface area contributed by atoms with Crippen LogP contribution in [0, 0.1) is 28.6 Å². The fraction of sp³-hybridized carbons (Fsp3) is 0.471. The molecule has 2 aromatic carbocycles. The van der Waals surface area contributed by atoms with E-state index in [4.69, 9.17) is 4.74 Å². The highest BCUT2D eigenvalue weighted by Gasteiger charge is 2.70. The van der Waals surface area contributed by atoms with Gasteiger partial charge in [-0.3, -0.25) is 19.1 Å². The van der Waals surface area contributed by atoms with E-state index in [9.17, 15) is 22.8 Å². The van der Waals surface area contributed by atoms with Crippen molar-refractivity contribution in [3.63, 3.8) is 0 Å². The molecule has 5 aliphatic rings. The Labute approximate surface area is 274 Å². The molecule has 5 fully saturated rings. The molecule has 3 amide bonds. The van der Waals surface area contributed by atoms with Crippen LogP contribution in [0.25, 0.3) is 0 Å². The summed E-state index contributed by atoms with van der Waals surface area (Å²) in [6.07, 6.45) is 2.05. The zero-order valence-corrected chi connectivity index (χ0v) is 27.5. The number of amides is 3. The van der Waals surface area contributed by atoms with Crippen LogP contribution in [-0.4, -0.2) is 90.5 Å². The van der Waals surface area contributed by atoms with Crippen LogP contribution >= 0.6 is 0 Å². The third kappa shape index (κ3) is 5.43. The molecule has 12 nitrogen and oxygen atoms in total. The number of hydrogen-bond acceptors (Lipinski definition) is 7. The van der Waals surface area contributed by atoms with Gasteiger partial charge in [0.05, 0.1) is 31.4 Å². The number of carbonyl (C=O) groups is 3. The highest BCUT2D eigenvalue weighted by atomic mass is 32.2. The van der Waals surface area contributed by atoms with Crippen LogP contribution in [0.1, 0.15) is 25.0 Å². The Bertz CT molecular complexity index is 1790. The summed E-state index contributed by atoms with van der Waals surface area (Å²) in [5.74, 6) is -2.39. The first-order valence-corrected chi connectivity index (χ1v) is 17.4. The first kappa shape index (κ1) is 31.5. The van der Waals surface area contributed by atoms with Crippen molar-refractivity contribution in [3.8, 4) is 0 Å². The quantitative estimate of drug-likeness (QED) is 0.373. The number of benzene rings is 2. The average molecular weight is 661 g/mol. The van der Waals surface area contributed by atoms with Gasteiger partial charge in [-0.2, -0.15) is 9.40 Å². The smallest absolute Gasteiger partial charge is 0.246 e. The third-order valence-electron chi connectivity index (χ3n) is 10.7. The second-order valence-electron chi connectivity index (χ2n) is 14.0. The molecule has 5 atom stereocenters. The minimum absolute atomic E-state index is 0.0400. The van der Waals surface area contributed by atoms with Gasteiger partial charge in [0.25, 0.3) is 0 Å². The van der Waals surface area contributed by atoms with Crippen molar-refractivity contribution in [1.29, 1.82) is 0 Å². The van der Waals surface area contributed by atoms with Gasteiger partial charge in [0, 0.05) is 56.7 Å². The number of fused-ring (bicyclic) bond motifs is 3. The number of nitrogens with zero attached hydrogens (tertiary/aromatic N) is 4. The van der Waals surface area contributed by atoms with Gasteiger partial charge in [0.2, 0.25) is 27.7 Å². The standard InChI is InChI=1S/C34H40N6O6S/c1-33(2)26-27(33)32(43)38-19-34(20-38)21-40(47(44,45)24-14-36-39(16-24)15-22-10-6-4-7-11-22)17-25(34)30(41)37-28(31(42)35-3)29(26)46-18-23-12-8-5-9-13-23/h4-14,16,25-29H,15,17-21H2,1-3H3,(H,35,42)(H,37,41)/t25-,26?,27-,28+,29-/m1/s1. The van der Waals surface area contributed by atoms with Crippen LogP contribution in [0.15, 0.2) is 78.0 Å². The summed E-state index contributed by atoms with van der Waals surface area (Å²) >= 11 is 0. The number of nitrogens with one attached hydrogen (secondary N) is 2. The van der Waals surface area contributed by atoms with Crippen LogP contribution < -0.4 is 10.6 Å². The third-order valence-corrected chi connectivity index (χ3v) is 12.4. The minimum Gasteiger partial charge on any atom is -0.371 e. The molecular weight excluding hydrogens is 620 g/mol. The molecule has 1 spiro atoms.